The Bertz CT molecular complexity index is 528. The van der Waals surface area contributed by atoms with Crippen molar-refractivity contribution in [3.05, 3.63) is 57.7 Å². The summed E-state index contributed by atoms with van der Waals surface area (Å²) in [5, 5.41) is 0. The Morgan fingerprint density at radius 3 is 2.57 bits per heavy atom. The minimum Gasteiger partial charge on any atom is -0.299 e. The van der Waals surface area contributed by atoms with Crippen molar-refractivity contribution >= 4 is 22.2 Å². The van der Waals surface area contributed by atoms with Crippen LogP contribution in [0.4, 0.5) is 0 Å². The number of carbonyl (C=O) groups is 1. The van der Waals surface area contributed by atoms with Gasteiger partial charge in [0, 0.05) is 4.48 Å². The van der Waals surface area contributed by atoms with E-state index in [0.29, 0.717) is 0 Å². The van der Waals surface area contributed by atoms with Crippen molar-refractivity contribution in [2.45, 2.75) is 47.0 Å². The van der Waals surface area contributed by atoms with Crippen LogP contribution in [-0.2, 0) is 4.79 Å². The maximum atomic E-state index is 10.3. The summed E-state index contributed by atoms with van der Waals surface area (Å²) >= 11 is 3.56. The van der Waals surface area contributed by atoms with Gasteiger partial charge in [-0.05, 0) is 67.9 Å². The molecular weight excluding hydrogens is 324 g/mol. The van der Waals surface area contributed by atoms with Crippen LogP contribution in [0.15, 0.2) is 57.7 Å². The van der Waals surface area contributed by atoms with Crippen LogP contribution >= 0.6 is 15.9 Å². The molecule has 0 fully saturated rings. The Morgan fingerprint density at radius 1 is 1.24 bits per heavy atom. The lowest BCUT2D eigenvalue weighted by molar-refractivity contribution is -0.104. The van der Waals surface area contributed by atoms with Crippen molar-refractivity contribution in [3.63, 3.8) is 0 Å². The van der Waals surface area contributed by atoms with Gasteiger partial charge in [0.2, 0.25) is 0 Å². The monoisotopic (exact) mass is 348 g/mol. The molecular formula is C19H25BrO. The van der Waals surface area contributed by atoms with E-state index in [1.807, 2.05) is 25.2 Å². The molecule has 0 aliphatic heterocycles. The van der Waals surface area contributed by atoms with E-state index >= 15 is 0 Å². The molecule has 0 aromatic rings. The van der Waals surface area contributed by atoms with E-state index in [0.717, 1.165) is 16.3 Å². The summed E-state index contributed by atoms with van der Waals surface area (Å²) in [5.74, 6) is 0. The molecule has 0 aromatic carbocycles. The van der Waals surface area contributed by atoms with E-state index in [-0.39, 0.29) is 5.41 Å². The summed E-state index contributed by atoms with van der Waals surface area (Å²) in [5.41, 5.74) is 4.17. The van der Waals surface area contributed by atoms with Crippen molar-refractivity contribution in [1.29, 1.82) is 0 Å². The van der Waals surface area contributed by atoms with Gasteiger partial charge in [0.1, 0.15) is 6.29 Å². The highest BCUT2D eigenvalue weighted by atomic mass is 79.9. The highest BCUT2D eigenvalue weighted by Gasteiger charge is 2.26. The van der Waals surface area contributed by atoms with Gasteiger partial charge in [-0.2, -0.15) is 0 Å². The second-order valence-electron chi connectivity index (χ2n) is 6.22. The molecule has 0 radical (unpaired) electrons. The minimum atomic E-state index is 0.269. The fraction of sp³-hybridized carbons (Fsp3) is 0.421. The molecule has 1 rings (SSSR count). The van der Waals surface area contributed by atoms with Gasteiger partial charge < -0.3 is 0 Å². The van der Waals surface area contributed by atoms with E-state index in [4.69, 9.17) is 0 Å². The Balaban J connectivity index is 2.80. The summed E-state index contributed by atoms with van der Waals surface area (Å²) in [4.78, 5) is 10.3. The largest absolute Gasteiger partial charge is 0.299 e. The number of hydrogen-bond donors (Lipinski definition) is 0. The molecule has 114 valence electrons. The highest BCUT2D eigenvalue weighted by Crippen LogP contribution is 2.40. The lowest BCUT2D eigenvalue weighted by atomic mass is 9.73. The first-order valence-electron chi connectivity index (χ1n) is 7.41. The molecule has 1 aliphatic rings. The first-order valence-corrected chi connectivity index (χ1v) is 8.20. The second kappa shape index (κ2) is 8.33. The number of aldehydes is 1. The van der Waals surface area contributed by atoms with E-state index in [1.54, 1.807) is 6.08 Å². The fourth-order valence-electron chi connectivity index (χ4n) is 2.68. The lowest BCUT2D eigenvalue weighted by Crippen LogP contribution is -2.18. The number of hydrogen-bond acceptors (Lipinski definition) is 1. The molecule has 2 heteroatoms. The normalized spacial score (nSPS) is 20.6. The zero-order chi connectivity index (χ0) is 15.9. The summed E-state index contributed by atoms with van der Waals surface area (Å²) in [6.07, 6.45) is 16.3. The first kappa shape index (κ1) is 17.9. The van der Waals surface area contributed by atoms with Crippen LogP contribution in [0.3, 0.4) is 0 Å². The first-order chi connectivity index (χ1) is 9.86. The molecule has 0 spiro atoms. The molecule has 0 saturated carbocycles. The molecule has 0 atom stereocenters. The van der Waals surface area contributed by atoms with Gasteiger partial charge in [0.15, 0.2) is 0 Å². The molecule has 1 nitrogen and oxygen atoms in total. The second-order valence-corrected chi connectivity index (χ2v) is 7.14. The number of allylic oxidation sites excluding steroid dienone is 10. The van der Waals surface area contributed by atoms with Crippen LogP contribution in [-0.4, -0.2) is 6.29 Å². The Labute approximate surface area is 137 Å². The maximum Gasteiger partial charge on any atom is 0.143 e. The van der Waals surface area contributed by atoms with Gasteiger partial charge in [-0.1, -0.05) is 53.6 Å². The van der Waals surface area contributed by atoms with Crippen molar-refractivity contribution in [2.24, 2.45) is 5.41 Å². The smallest absolute Gasteiger partial charge is 0.143 e. The van der Waals surface area contributed by atoms with Crippen molar-refractivity contribution in [2.75, 3.05) is 0 Å². The molecule has 0 N–H and O–H groups in total. The minimum absolute atomic E-state index is 0.269. The van der Waals surface area contributed by atoms with Gasteiger partial charge in [-0.25, -0.2) is 0 Å². The van der Waals surface area contributed by atoms with Gasteiger partial charge in [-0.15, -0.1) is 0 Å². The third-order valence-corrected chi connectivity index (χ3v) is 4.43. The third-order valence-electron chi connectivity index (χ3n) is 3.90. The predicted molar refractivity (Wildman–Crippen MR) is 95.4 cm³/mol. The van der Waals surface area contributed by atoms with Crippen LogP contribution in [0, 0.1) is 5.41 Å². The molecule has 0 unspecified atom stereocenters. The predicted octanol–water partition coefficient (Wildman–Crippen LogP) is 6.05. The Kier molecular flexibility index (Phi) is 7.10. The van der Waals surface area contributed by atoms with Crippen LogP contribution in [0.1, 0.15) is 47.0 Å². The molecule has 0 amide bonds. The Morgan fingerprint density at radius 2 is 1.95 bits per heavy atom. The highest BCUT2D eigenvalue weighted by molar-refractivity contribution is 9.11. The van der Waals surface area contributed by atoms with E-state index in [2.05, 4.69) is 48.9 Å². The number of carbonyl (C=O) groups excluding carboxylic acids is 1. The van der Waals surface area contributed by atoms with Crippen molar-refractivity contribution in [1.82, 2.24) is 0 Å². The van der Waals surface area contributed by atoms with Gasteiger partial charge in [-0.3, -0.25) is 4.79 Å². The number of rotatable bonds is 5. The summed E-state index contributed by atoms with van der Waals surface area (Å²) in [6.45, 7) is 8.79. The standard InChI is InChI=1S/C19H25BrO/c1-15(12-14-21)7-5-9-17(20)10-11-18-16(2)8-6-13-19(18,3)4/h5,7,9-12,14H,6,8,13H2,1-4H3/b7-5+,11-10+,15-12+,17-9-. The quantitative estimate of drug-likeness (QED) is 0.335. The van der Waals surface area contributed by atoms with E-state index in [1.165, 1.54) is 30.4 Å². The van der Waals surface area contributed by atoms with Gasteiger partial charge in [0.25, 0.3) is 0 Å². The lowest BCUT2D eigenvalue weighted by Gasteiger charge is -2.32. The number of halogens is 1. The summed E-state index contributed by atoms with van der Waals surface area (Å²) in [7, 11) is 0. The van der Waals surface area contributed by atoms with Crippen LogP contribution < -0.4 is 0 Å². The molecule has 21 heavy (non-hydrogen) atoms. The van der Waals surface area contributed by atoms with E-state index < -0.39 is 0 Å². The molecule has 0 bridgehead atoms. The molecule has 0 saturated heterocycles. The third kappa shape index (κ3) is 6.01. The van der Waals surface area contributed by atoms with Crippen molar-refractivity contribution in [3.8, 4) is 0 Å². The maximum absolute atomic E-state index is 10.3. The van der Waals surface area contributed by atoms with Crippen LogP contribution in [0.5, 0.6) is 0 Å². The topological polar surface area (TPSA) is 17.1 Å². The SMILES string of the molecule is CC1=C(/C=C/C(Br)=C/C=C/C(C)=C/C=O)C(C)(C)CCC1. The average Bonchev–Trinajstić information content (AvgIpc) is 2.37. The molecule has 1 aliphatic carbocycles. The Hall–Kier alpha value is -1.15. The van der Waals surface area contributed by atoms with E-state index in [9.17, 15) is 4.79 Å². The molecule has 0 heterocycles. The van der Waals surface area contributed by atoms with Gasteiger partial charge >= 0.3 is 0 Å². The zero-order valence-corrected chi connectivity index (χ0v) is 15.0. The van der Waals surface area contributed by atoms with Crippen LogP contribution in [0.2, 0.25) is 0 Å². The summed E-state index contributed by atoms with van der Waals surface area (Å²) in [6, 6.07) is 0. The summed E-state index contributed by atoms with van der Waals surface area (Å²) < 4.78 is 1.03. The van der Waals surface area contributed by atoms with Crippen molar-refractivity contribution < 1.29 is 4.79 Å². The molecule has 0 aromatic heterocycles. The zero-order valence-electron chi connectivity index (χ0n) is 13.4. The van der Waals surface area contributed by atoms with Crippen LogP contribution in [0.25, 0.3) is 0 Å². The average molecular weight is 349 g/mol. The fourth-order valence-corrected chi connectivity index (χ4v) is 2.97. The van der Waals surface area contributed by atoms with Gasteiger partial charge in [0.05, 0.1) is 0 Å².